The lowest BCUT2D eigenvalue weighted by Crippen LogP contribution is -2.64. The van der Waals surface area contributed by atoms with Crippen LogP contribution in [0.5, 0.6) is 0 Å². The normalized spacial score (nSPS) is 31.4. The van der Waals surface area contributed by atoms with E-state index in [0.29, 0.717) is 25.2 Å². The summed E-state index contributed by atoms with van der Waals surface area (Å²) in [5.74, 6) is -1.59. The molecule has 3 heterocycles. The SMILES string of the molecule is C[C@@H](NC(=O)C(N)C(F)(F)F)[C@H]1CN2C(C(O)O)=C(S[C@@H]3CN[C@H](C(=O)N(C)C)C3)[C@H](C)[C@H]12. The van der Waals surface area contributed by atoms with Gasteiger partial charge in [0.2, 0.25) is 11.8 Å². The van der Waals surface area contributed by atoms with Gasteiger partial charge in [-0.05, 0) is 13.3 Å². The molecule has 0 aromatic heterocycles. The first kappa shape index (κ1) is 26.1. The van der Waals surface area contributed by atoms with Crippen molar-refractivity contribution in [1.29, 1.82) is 0 Å². The van der Waals surface area contributed by atoms with E-state index in [1.807, 2.05) is 11.8 Å². The van der Waals surface area contributed by atoms with Crippen molar-refractivity contribution >= 4 is 23.6 Å². The number of carbonyl (C=O) groups excluding carboxylic acids is 2. The maximum Gasteiger partial charge on any atom is 0.412 e. The number of hydrogen-bond donors (Lipinski definition) is 5. The number of likely N-dealkylation sites (N-methyl/N-ethyl adjacent to an activating group) is 1. The maximum atomic E-state index is 12.7. The third-order valence-electron chi connectivity index (χ3n) is 6.71. The highest BCUT2D eigenvalue weighted by Crippen LogP contribution is 2.51. The van der Waals surface area contributed by atoms with E-state index < -0.39 is 30.5 Å². The van der Waals surface area contributed by atoms with Crippen LogP contribution in [-0.2, 0) is 9.59 Å². The first-order valence-corrected chi connectivity index (χ1v) is 11.7. The maximum absolute atomic E-state index is 12.7. The molecule has 0 spiro atoms. The molecule has 7 atom stereocenters. The highest BCUT2D eigenvalue weighted by Gasteiger charge is 2.54. The van der Waals surface area contributed by atoms with Crippen LogP contribution in [0, 0.1) is 11.8 Å². The Kier molecular flexibility index (Phi) is 7.59. The molecule has 188 valence electrons. The van der Waals surface area contributed by atoms with Crippen LogP contribution in [0.2, 0.25) is 0 Å². The van der Waals surface area contributed by atoms with Crippen LogP contribution in [0.25, 0.3) is 0 Å². The summed E-state index contributed by atoms with van der Waals surface area (Å²) in [6.07, 6.45) is -5.92. The predicted molar refractivity (Wildman–Crippen MR) is 117 cm³/mol. The molecule has 1 unspecified atom stereocenters. The van der Waals surface area contributed by atoms with E-state index in [-0.39, 0.29) is 35.1 Å². The zero-order valence-electron chi connectivity index (χ0n) is 19.0. The number of aliphatic hydroxyl groups is 2. The smallest absolute Gasteiger partial charge is 0.366 e. The van der Waals surface area contributed by atoms with Crippen molar-refractivity contribution in [3.63, 3.8) is 0 Å². The van der Waals surface area contributed by atoms with E-state index in [2.05, 4.69) is 10.6 Å². The number of alkyl halides is 3. The van der Waals surface area contributed by atoms with Crippen molar-refractivity contribution in [2.75, 3.05) is 27.2 Å². The number of nitrogens with two attached hydrogens (primary N) is 1. The highest BCUT2D eigenvalue weighted by molar-refractivity contribution is 8.03. The van der Waals surface area contributed by atoms with Crippen LogP contribution < -0.4 is 16.4 Å². The fourth-order valence-corrected chi connectivity index (χ4v) is 6.44. The third-order valence-corrected chi connectivity index (χ3v) is 8.24. The largest absolute Gasteiger partial charge is 0.412 e. The molecule has 3 aliphatic rings. The number of nitrogens with zero attached hydrogens (tertiary/aromatic N) is 2. The molecule has 0 aromatic rings. The Bertz CT molecular complexity index is 809. The van der Waals surface area contributed by atoms with E-state index in [9.17, 15) is 33.0 Å². The monoisotopic (exact) mass is 495 g/mol. The number of rotatable bonds is 7. The summed E-state index contributed by atoms with van der Waals surface area (Å²) in [6.45, 7) is 4.53. The topological polar surface area (TPSA) is 131 Å². The molecule has 6 N–H and O–H groups in total. The summed E-state index contributed by atoms with van der Waals surface area (Å²) in [5.41, 5.74) is 5.39. The lowest BCUT2D eigenvalue weighted by Gasteiger charge is -2.51. The lowest BCUT2D eigenvalue weighted by atomic mass is 9.79. The molecule has 0 radical (unpaired) electrons. The highest BCUT2D eigenvalue weighted by atomic mass is 32.2. The summed E-state index contributed by atoms with van der Waals surface area (Å²) < 4.78 is 38.2. The second-order valence-electron chi connectivity index (χ2n) is 9.20. The predicted octanol–water partition coefficient (Wildman–Crippen LogP) is -0.595. The fraction of sp³-hybridized carbons (Fsp3) is 0.800. The zero-order chi connectivity index (χ0) is 24.8. The van der Waals surface area contributed by atoms with Crippen LogP contribution in [0.4, 0.5) is 13.2 Å². The number of carbonyl (C=O) groups is 2. The number of nitrogens with one attached hydrogen (secondary N) is 2. The van der Waals surface area contributed by atoms with Gasteiger partial charge in [0.1, 0.15) is 0 Å². The minimum absolute atomic E-state index is 0.0144. The molecule has 2 amide bonds. The van der Waals surface area contributed by atoms with Crippen molar-refractivity contribution in [2.45, 2.75) is 62.2 Å². The molecule has 3 aliphatic heterocycles. The van der Waals surface area contributed by atoms with Crippen molar-refractivity contribution in [3.05, 3.63) is 10.6 Å². The van der Waals surface area contributed by atoms with E-state index in [0.717, 1.165) is 4.91 Å². The molecule has 0 bridgehead atoms. The Morgan fingerprint density at radius 3 is 2.52 bits per heavy atom. The minimum atomic E-state index is -4.82. The number of aliphatic hydroxyl groups excluding tert-OH is 1. The molecule has 33 heavy (non-hydrogen) atoms. The van der Waals surface area contributed by atoms with Gasteiger partial charge >= 0.3 is 6.18 Å². The number of thioether (sulfide) groups is 1. The van der Waals surface area contributed by atoms with Crippen LogP contribution in [-0.4, -0.2) is 101 Å². The third kappa shape index (κ3) is 5.11. The molecule has 0 aliphatic carbocycles. The fourth-order valence-electron chi connectivity index (χ4n) is 4.92. The molecule has 9 nitrogen and oxygen atoms in total. The Morgan fingerprint density at radius 1 is 1.33 bits per heavy atom. The Morgan fingerprint density at radius 2 is 1.97 bits per heavy atom. The quantitative estimate of drug-likeness (QED) is 0.296. The van der Waals surface area contributed by atoms with Gasteiger partial charge in [-0.25, -0.2) is 0 Å². The molecule has 3 rings (SSSR count). The first-order chi connectivity index (χ1) is 15.2. The van der Waals surface area contributed by atoms with Gasteiger partial charge in [0.25, 0.3) is 0 Å². The molecular formula is C20H32F3N5O4S. The van der Waals surface area contributed by atoms with Crippen molar-refractivity contribution in [2.24, 2.45) is 17.6 Å². The van der Waals surface area contributed by atoms with Gasteiger partial charge in [-0.2, -0.15) is 13.2 Å². The molecule has 13 heteroatoms. The number of amides is 2. The Balaban J connectivity index is 1.66. The van der Waals surface area contributed by atoms with Crippen LogP contribution >= 0.6 is 11.8 Å². The summed E-state index contributed by atoms with van der Waals surface area (Å²) >= 11 is 1.50. The molecule has 2 saturated heterocycles. The molecular weight excluding hydrogens is 463 g/mol. The van der Waals surface area contributed by atoms with Gasteiger partial charge in [-0.1, -0.05) is 6.92 Å². The molecule has 0 aromatic carbocycles. The number of hydrogen-bond acceptors (Lipinski definition) is 8. The van der Waals surface area contributed by atoms with Crippen molar-refractivity contribution in [1.82, 2.24) is 20.4 Å². The van der Waals surface area contributed by atoms with E-state index in [1.54, 1.807) is 21.0 Å². The average Bonchev–Trinajstić information content (AvgIpc) is 3.22. The van der Waals surface area contributed by atoms with Crippen molar-refractivity contribution < 1.29 is 33.0 Å². The van der Waals surface area contributed by atoms with Gasteiger partial charge in [-0.3, -0.25) is 9.59 Å². The first-order valence-electron chi connectivity index (χ1n) is 10.8. The summed E-state index contributed by atoms with van der Waals surface area (Å²) in [6, 6.07) is -3.65. The zero-order valence-corrected chi connectivity index (χ0v) is 19.8. The second-order valence-corrected chi connectivity index (χ2v) is 10.5. The molecule has 0 saturated carbocycles. The van der Waals surface area contributed by atoms with E-state index in [1.165, 1.54) is 16.7 Å². The van der Waals surface area contributed by atoms with Crippen LogP contribution in [0.15, 0.2) is 10.6 Å². The van der Waals surface area contributed by atoms with Gasteiger partial charge in [0.15, 0.2) is 12.3 Å². The molecule has 2 fully saturated rings. The number of halogens is 3. The van der Waals surface area contributed by atoms with E-state index >= 15 is 0 Å². The summed E-state index contributed by atoms with van der Waals surface area (Å²) in [4.78, 5) is 28.3. The van der Waals surface area contributed by atoms with Crippen LogP contribution in [0.3, 0.4) is 0 Å². The second kappa shape index (κ2) is 9.61. The van der Waals surface area contributed by atoms with Gasteiger partial charge in [-0.15, -0.1) is 11.8 Å². The van der Waals surface area contributed by atoms with Crippen LogP contribution in [0.1, 0.15) is 20.3 Å². The van der Waals surface area contributed by atoms with Gasteiger partial charge in [0.05, 0.1) is 11.7 Å². The van der Waals surface area contributed by atoms with Crippen molar-refractivity contribution in [3.8, 4) is 0 Å². The standard InChI is InChI=1S/C20H32F3N5O4S/c1-8-13-11(9(2)26-17(29)16(24)20(21,22)23)7-28(13)14(19(31)32)15(8)33-10-5-12(25-6-10)18(30)27(3)4/h8-13,16,19,25,31-32H,5-7,24H2,1-4H3,(H,26,29)/t8-,9-,10+,11-,12+,13-,16?/m1/s1. The Labute approximate surface area is 194 Å². The summed E-state index contributed by atoms with van der Waals surface area (Å²) in [7, 11) is 3.39. The average molecular weight is 496 g/mol. The van der Waals surface area contributed by atoms with Gasteiger partial charge in [0, 0.05) is 61.3 Å². The lowest BCUT2D eigenvalue weighted by molar-refractivity contribution is -0.164. The van der Waals surface area contributed by atoms with E-state index in [4.69, 9.17) is 5.73 Å². The Hall–Kier alpha value is -1.54. The minimum Gasteiger partial charge on any atom is -0.366 e. The van der Waals surface area contributed by atoms with Gasteiger partial charge < -0.3 is 36.4 Å². The number of fused-ring (bicyclic) bond motifs is 1. The summed E-state index contributed by atoms with van der Waals surface area (Å²) in [5, 5.41) is 25.7.